The summed E-state index contributed by atoms with van der Waals surface area (Å²) < 4.78 is 40.9. The van der Waals surface area contributed by atoms with Gasteiger partial charge in [-0.15, -0.1) is 0 Å². The molecule has 0 aliphatic heterocycles. The number of hydrogen-bond acceptors (Lipinski definition) is 4. The minimum Gasteiger partial charge on any atom is -0.347 e. The number of fused-ring (bicyclic) bond motifs is 2. The third-order valence-corrected chi connectivity index (χ3v) is 6.50. The molecule has 9 heteroatoms. The van der Waals surface area contributed by atoms with E-state index in [1.54, 1.807) is 29.1 Å². The number of carbonyl (C=O) groups excluding carboxylic acids is 1. The molecule has 6 nitrogen and oxygen atoms in total. The second-order valence-electron chi connectivity index (χ2n) is 8.75. The molecule has 0 saturated carbocycles. The molecule has 180 valence electrons. The minimum atomic E-state index is -4.16. The number of nitrogens with one attached hydrogen (secondary N) is 1. The molecule has 0 fully saturated rings. The quantitative estimate of drug-likeness (QED) is 0.440. The Bertz CT molecular complexity index is 1380. The number of halogens is 3. The first-order chi connectivity index (χ1) is 16.8. The monoisotopic (exact) mass is 479 g/mol. The first-order valence-corrected chi connectivity index (χ1v) is 11.6. The van der Waals surface area contributed by atoms with Crippen LogP contribution in [0.4, 0.5) is 13.2 Å². The summed E-state index contributed by atoms with van der Waals surface area (Å²) in [5, 5.41) is 2.95. The summed E-state index contributed by atoms with van der Waals surface area (Å²) in [6.45, 7) is 2.28. The van der Waals surface area contributed by atoms with Crippen molar-refractivity contribution in [2.24, 2.45) is 5.92 Å². The Morgan fingerprint density at radius 3 is 2.71 bits per heavy atom. The van der Waals surface area contributed by atoms with Gasteiger partial charge in [-0.3, -0.25) is 14.2 Å². The lowest BCUT2D eigenvalue weighted by molar-refractivity contribution is -0.177. The Balaban J connectivity index is 1.27. The zero-order valence-electron chi connectivity index (χ0n) is 19.1. The van der Waals surface area contributed by atoms with E-state index in [1.165, 1.54) is 0 Å². The van der Waals surface area contributed by atoms with Gasteiger partial charge < -0.3 is 5.32 Å². The molecule has 3 aromatic heterocycles. The lowest BCUT2D eigenvalue weighted by Gasteiger charge is -2.26. The normalized spacial score (nSPS) is 15.7. The van der Waals surface area contributed by atoms with Gasteiger partial charge >= 0.3 is 6.18 Å². The van der Waals surface area contributed by atoms with Crippen LogP contribution in [0.5, 0.6) is 0 Å². The smallest absolute Gasteiger partial charge is 0.347 e. The van der Waals surface area contributed by atoms with Crippen LogP contribution in [0, 0.1) is 5.92 Å². The standard InChI is InChI=1S/C26H24F3N5O/c1-2-21-23(34-11-3-10-30-25(34)33-21)24(35)32-14-16-4-6-17(7-5-16)22-13-18-8-9-20(26(27,28)29)12-19(18)15-31-22/h3-7,10-11,13,15,20H,2,8-9,12,14H2,1H3,(H,32,35). The van der Waals surface area contributed by atoms with Gasteiger partial charge in [-0.1, -0.05) is 31.2 Å². The van der Waals surface area contributed by atoms with Crippen molar-refractivity contribution in [2.45, 2.75) is 45.3 Å². The highest BCUT2D eigenvalue weighted by atomic mass is 19.4. The van der Waals surface area contributed by atoms with Gasteiger partial charge in [0.15, 0.2) is 0 Å². The van der Waals surface area contributed by atoms with Crippen molar-refractivity contribution in [3.8, 4) is 11.3 Å². The lowest BCUT2D eigenvalue weighted by Crippen LogP contribution is -2.29. The van der Waals surface area contributed by atoms with Crippen molar-refractivity contribution in [2.75, 3.05) is 0 Å². The summed E-state index contributed by atoms with van der Waals surface area (Å²) in [4.78, 5) is 25.9. The Hall–Kier alpha value is -3.75. The van der Waals surface area contributed by atoms with Gasteiger partial charge in [0.2, 0.25) is 5.78 Å². The Labute approximate surface area is 200 Å². The number of amides is 1. The van der Waals surface area contributed by atoms with Crippen LogP contribution in [-0.2, 0) is 25.8 Å². The summed E-state index contributed by atoms with van der Waals surface area (Å²) in [6.07, 6.45) is 1.94. The van der Waals surface area contributed by atoms with Crippen molar-refractivity contribution < 1.29 is 18.0 Å². The third kappa shape index (κ3) is 4.62. The van der Waals surface area contributed by atoms with Crippen molar-refractivity contribution in [1.29, 1.82) is 0 Å². The van der Waals surface area contributed by atoms with Crippen molar-refractivity contribution in [3.63, 3.8) is 0 Å². The molecule has 35 heavy (non-hydrogen) atoms. The lowest BCUT2D eigenvalue weighted by atomic mass is 9.84. The maximum Gasteiger partial charge on any atom is 0.392 e. The van der Waals surface area contributed by atoms with Crippen molar-refractivity contribution in [3.05, 3.63) is 83.1 Å². The van der Waals surface area contributed by atoms with Crippen LogP contribution in [0.15, 0.2) is 55.0 Å². The van der Waals surface area contributed by atoms with E-state index in [0.29, 0.717) is 42.1 Å². The van der Waals surface area contributed by atoms with E-state index in [2.05, 4.69) is 20.3 Å². The van der Waals surface area contributed by atoms with Crippen LogP contribution in [-0.4, -0.2) is 31.4 Å². The Morgan fingerprint density at radius 2 is 1.97 bits per heavy atom. The van der Waals surface area contributed by atoms with Gasteiger partial charge in [-0.05, 0) is 54.5 Å². The molecule has 0 radical (unpaired) electrons. The van der Waals surface area contributed by atoms with Gasteiger partial charge in [0.25, 0.3) is 5.91 Å². The molecule has 1 atom stereocenters. The van der Waals surface area contributed by atoms with Crippen LogP contribution in [0.2, 0.25) is 0 Å². The fourth-order valence-electron chi connectivity index (χ4n) is 4.56. The summed E-state index contributed by atoms with van der Waals surface area (Å²) in [5.41, 5.74) is 5.31. The number of alkyl halides is 3. The molecule has 0 saturated heterocycles. The van der Waals surface area contributed by atoms with Crippen LogP contribution in [0.25, 0.3) is 17.0 Å². The van der Waals surface area contributed by atoms with Gasteiger partial charge in [0, 0.05) is 30.7 Å². The molecule has 5 rings (SSSR count). The Morgan fingerprint density at radius 1 is 1.17 bits per heavy atom. The molecular formula is C26H24F3N5O. The molecule has 3 heterocycles. The van der Waals surface area contributed by atoms with Crippen molar-refractivity contribution >= 4 is 11.7 Å². The molecule has 1 aromatic carbocycles. The number of aryl methyl sites for hydroxylation is 2. The molecule has 1 aliphatic rings. The summed E-state index contributed by atoms with van der Waals surface area (Å²) in [7, 11) is 0. The third-order valence-electron chi connectivity index (χ3n) is 6.50. The second kappa shape index (κ2) is 9.13. The molecular weight excluding hydrogens is 455 g/mol. The average molecular weight is 480 g/mol. The fraction of sp³-hybridized carbons (Fsp3) is 0.308. The zero-order valence-corrected chi connectivity index (χ0v) is 19.1. The number of carbonyl (C=O) groups is 1. The largest absolute Gasteiger partial charge is 0.392 e. The van der Waals surface area contributed by atoms with Gasteiger partial charge in [-0.25, -0.2) is 9.97 Å². The summed E-state index contributed by atoms with van der Waals surface area (Å²) in [6, 6.07) is 11.3. The topological polar surface area (TPSA) is 72.2 Å². The second-order valence-corrected chi connectivity index (χ2v) is 8.75. The molecule has 1 aliphatic carbocycles. The number of pyridine rings is 1. The fourth-order valence-corrected chi connectivity index (χ4v) is 4.56. The predicted octanol–water partition coefficient (Wildman–Crippen LogP) is 4.95. The van der Waals surface area contributed by atoms with E-state index in [9.17, 15) is 18.0 Å². The van der Waals surface area contributed by atoms with E-state index in [-0.39, 0.29) is 18.7 Å². The number of aromatic nitrogens is 4. The van der Waals surface area contributed by atoms with E-state index in [1.807, 2.05) is 37.3 Å². The maximum absolute atomic E-state index is 13.1. The molecule has 4 aromatic rings. The van der Waals surface area contributed by atoms with E-state index in [4.69, 9.17) is 0 Å². The summed E-state index contributed by atoms with van der Waals surface area (Å²) in [5.74, 6) is -1.02. The van der Waals surface area contributed by atoms with Gasteiger partial charge in [-0.2, -0.15) is 13.2 Å². The van der Waals surface area contributed by atoms with Gasteiger partial charge in [0.05, 0.1) is 17.3 Å². The van der Waals surface area contributed by atoms with E-state index >= 15 is 0 Å². The molecule has 0 spiro atoms. The van der Waals surface area contributed by atoms with E-state index < -0.39 is 12.1 Å². The Kier molecular flexibility index (Phi) is 6.00. The predicted molar refractivity (Wildman–Crippen MR) is 125 cm³/mol. The highest BCUT2D eigenvalue weighted by Gasteiger charge is 2.41. The molecule has 1 amide bonds. The van der Waals surface area contributed by atoms with Crippen LogP contribution >= 0.6 is 0 Å². The number of hydrogen-bond donors (Lipinski definition) is 1. The minimum absolute atomic E-state index is 0.00691. The number of benzene rings is 1. The zero-order chi connectivity index (χ0) is 24.6. The first-order valence-electron chi connectivity index (χ1n) is 11.6. The number of nitrogens with zero attached hydrogens (tertiary/aromatic N) is 4. The van der Waals surface area contributed by atoms with Crippen LogP contribution in [0.1, 0.15) is 46.2 Å². The number of rotatable bonds is 5. The van der Waals surface area contributed by atoms with Gasteiger partial charge in [0.1, 0.15) is 5.69 Å². The SMILES string of the molecule is CCc1nc2ncccn2c1C(=O)NCc1ccc(-c2cc3c(cn2)CC(C(F)(F)F)CC3)cc1. The molecule has 1 N–H and O–H groups in total. The molecule has 1 unspecified atom stereocenters. The van der Waals surface area contributed by atoms with Crippen molar-refractivity contribution in [1.82, 2.24) is 24.7 Å². The highest BCUT2D eigenvalue weighted by molar-refractivity contribution is 5.94. The highest BCUT2D eigenvalue weighted by Crippen LogP contribution is 2.37. The average Bonchev–Trinajstić information content (AvgIpc) is 3.25. The number of imidazole rings is 1. The molecule has 0 bridgehead atoms. The van der Waals surface area contributed by atoms with Crippen LogP contribution < -0.4 is 5.32 Å². The first kappa shape index (κ1) is 23.0. The van der Waals surface area contributed by atoms with Crippen LogP contribution in [0.3, 0.4) is 0 Å². The maximum atomic E-state index is 13.1. The van der Waals surface area contributed by atoms with E-state index in [0.717, 1.165) is 22.4 Å². The summed E-state index contributed by atoms with van der Waals surface area (Å²) >= 11 is 0.